The van der Waals surface area contributed by atoms with Crippen molar-refractivity contribution in [2.45, 2.75) is 45.4 Å². The van der Waals surface area contributed by atoms with E-state index in [1.54, 1.807) is 0 Å². The highest BCUT2D eigenvalue weighted by molar-refractivity contribution is 5.21. The van der Waals surface area contributed by atoms with Crippen LogP contribution in [0.15, 0.2) is 24.3 Å². The molecule has 0 aliphatic heterocycles. The third-order valence-electron chi connectivity index (χ3n) is 3.21. The molecule has 0 amide bonds. The molecule has 1 N–H and O–H groups in total. The van der Waals surface area contributed by atoms with Crippen LogP contribution in [0.2, 0.25) is 0 Å². The van der Waals surface area contributed by atoms with E-state index < -0.39 is 0 Å². The maximum absolute atomic E-state index is 5.54. The first-order valence-corrected chi connectivity index (χ1v) is 6.18. The standard InChI is InChI=1S/C14H21NO/c1-3-16-14-8-13(9-14)15-10-12-6-4-11(2)5-7-12/h4-7,13-15H,3,8-10H2,1-2H3. The fourth-order valence-corrected chi connectivity index (χ4v) is 2.07. The molecule has 88 valence electrons. The highest BCUT2D eigenvalue weighted by atomic mass is 16.5. The first kappa shape index (κ1) is 11.6. The topological polar surface area (TPSA) is 21.3 Å². The van der Waals surface area contributed by atoms with Gasteiger partial charge < -0.3 is 10.1 Å². The average molecular weight is 219 g/mol. The molecule has 2 rings (SSSR count). The summed E-state index contributed by atoms with van der Waals surface area (Å²) in [5.41, 5.74) is 2.69. The van der Waals surface area contributed by atoms with Crippen LogP contribution in [0.1, 0.15) is 30.9 Å². The molecule has 2 heteroatoms. The molecule has 1 aliphatic carbocycles. The van der Waals surface area contributed by atoms with Crippen LogP contribution < -0.4 is 5.32 Å². The summed E-state index contributed by atoms with van der Waals surface area (Å²) in [6.07, 6.45) is 2.83. The Balaban J connectivity index is 1.67. The summed E-state index contributed by atoms with van der Waals surface area (Å²) in [4.78, 5) is 0. The Bertz CT molecular complexity index is 314. The molecule has 0 atom stereocenters. The van der Waals surface area contributed by atoms with Crippen LogP contribution >= 0.6 is 0 Å². The van der Waals surface area contributed by atoms with Crippen molar-refractivity contribution < 1.29 is 4.74 Å². The van der Waals surface area contributed by atoms with Crippen molar-refractivity contribution in [3.05, 3.63) is 35.4 Å². The summed E-state index contributed by atoms with van der Waals surface area (Å²) in [6, 6.07) is 9.38. The Labute approximate surface area is 98.0 Å². The van der Waals surface area contributed by atoms with Gasteiger partial charge in [0.05, 0.1) is 6.10 Å². The third-order valence-corrected chi connectivity index (χ3v) is 3.21. The maximum Gasteiger partial charge on any atom is 0.0604 e. The lowest BCUT2D eigenvalue weighted by molar-refractivity contribution is -0.0102. The molecule has 1 fully saturated rings. The Morgan fingerprint density at radius 2 is 1.94 bits per heavy atom. The molecule has 0 saturated heterocycles. The first-order chi connectivity index (χ1) is 7.78. The van der Waals surface area contributed by atoms with E-state index in [-0.39, 0.29) is 0 Å². The Morgan fingerprint density at radius 3 is 2.56 bits per heavy atom. The van der Waals surface area contributed by atoms with E-state index in [4.69, 9.17) is 4.74 Å². The predicted molar refractivity (Wildman–Crippen MR) is 66.5 cm³/mol. The van der Waals surface area contributed by atoms with Gasteiger partial charge in [-0.15, -0.1) is 0 Å². The second-order valence-electron chi connectivity index (χ2n) is 4.61. The van der Waals surface area contributed by atoms with Crippen molar-refractivity contribution >= 4 is 0 Å². The number of nitrogens with one attached hydrogen (secondary N) is 1. The van der Waals surface area contributed by atoms with E-state index >= 15 is 0 Å². The minimum absolute atomic E-state index is 0.500. The summed E-state index contributed by atoms with van der Waals surface area (Å²) in [6.45, 7) is 6.00. The lowest BCUT2D eigenvalue weighted by atomic mass is 9.89. The number of rotatable bonds is 5. The third kappa shape index (κ3) is 3.06. The Morgan fingerprint density at radius 1 is 1.25 bits per heavy atom. The second kappa shape index (κ2) is 5.46. The molecule has 0 heterocycles. The van der Waals surface area contributed by atoms with Crippen LogP contribution in [0.5, 0.6) is 0 Å². The van der Waals surface area contributed by atoms with Gasteiger partial charge in [-0.3, -0.25) is 0 Å². The summed E-state index contributed by atoms with van der Waals surface area (Å²) >= 11 is 0. The normalized spacial score (nSPS) is 24.1. The molecule has 0 spiro atoms. The molecule has 16 heavy (non-hydrogen) atoms. The summed E-state index contributed by atoms with van der Waals surface area (Å²) in [7, 11) is 0. The monoisotopic (exact) mass is 219 g/mol. The summed E-state index contributed by atoms with van der Waals surface area (Å²) in [5, 5.41) is 3.56. The van der Waals surface area contributed by atoms with Crippen LogP contribution in [0.4, 0.5) is 0 Å². The molecule has 0 bridgehead atoms. The highest BCUT2D eigenvalue weighted by Gasteiger charge is 2.28. The number of aryl methyl sites for hydroxylation is 1. The largest absolute Gasteiger partial charge is 0.378 e. The Hall–Kier alpha value is -0.860. The van der Waals surface area contributed by atoms with Gasteiger partial charge in [0, 0.05) is 19.2 Å². The Kier molecular flexibility index (Phi) is 3.97. The maximum atomic E-state index is 5.54. The number of hydrogen-bond acceptors (Lipinski definition) is 2. The van der Waals surface area contributed by atoms with Gasteiger partial charge >= 0.3 is 0 Å². The molecule has 0 unspecified atom stereocenters. The van der Waals surface area contributed by atoms with Crippen LogP contribution in [-0.4, -0.2) is 18.8 Å². The van der Waals surface area contributed by atoms with Gasteiger partial charge in [-0.25, -0.2) is 0 Å². The number of benzene rings is 1. The van der Waals surface area contributed by atoms with Crippen molar-refractivity contribution in [3.63, 3.8) is 0 Å². The lowest BCUT2D eigenvalue weighted by Crippen LogP contribution is -2.45. The van der Waals surface area contributed by atoms with Gasteiger partial charge in [-0.2, -0.15) is 0 Å². The fourth-order valence-electron chi connectivity index (χ4n) is 2.07. The van der Waals surface area contributed by atoms with Gasteiger partial charge in [0.1, 0.15) is 0 Å². The van der Waals surface area contributed by atoms with E-state index in [1.165, 1.54) is 24.0 Å². The zero-order valence-electron chi connectivity index (χ0n) is 10.2. The van der Waals surface area contributed by atoms with E-state index in [9.17, 15) is 0 Å². The fraction of sp³-hybridized carbons (Fsp3) is 0.571. The minimum Gasteiger partial charge on any atom is -0.378 e. The molecule has 1 aromatic carbocycles. The molecule has 2 nitrogen and oxygen atoms in total. The lowest BCUT2D eigenvalue weighted by Gasteiger charge is -2.35. The molecular weight excluding hydrogens is 198 g/mol. The summed E-state index contributed by atoms with van der Waals surface area (Å²) in [5.74, 6) is 0. The van der Waals surface area contributed by atoms with Crippen molar-refractivity contribution in [1.29, 1.82) is 0 Å². The molecule has 0 radical (unpaired) electrons. The van der Waals surface area contributed by atoms with Gasteiger partial charge in [-0.05, 0) is 32.3 Å². The van der Waals surface area contributed by atoms with E-state index in [2.05, 4.69) is 43.4 Å². The van der Waals surface area contributed by atoms with Crippen LogP contribution in [0.3, 0.4) is 0 Å². The van der Waals surface area contributed by atoms with Gasteiger partial charge in [0.2, 0.25) is 0 Å². The zero-order chi connectivity index (χ0) is 11.4. The van der Waals surface area contributed by atoms with Crippen LogP contribution in [-0.2, 0) is 11.3 Å². The molecule has 1 aromatic rings. The molecule has 0 aromatic heterocycles. The van der Waals surface area contributed by atoms with Gasteiger partial charge in [-0.1, -0.05) is 29.8 Å². The molecule has 1 aliphatic rings. The highest BCUT2D eigenvalue weighted by Crippen LogP contribution is 2.23. The van der Waals surface area contributed by atoms with Crippen LogP contribution in [0.25, 0.3) is 0 Å². The zero-order valence-corrected chi connectivity index (χ0v) is 10.2. The van der Waals surface area contributed by atoms with Crippen LogP contribution in [0, 0.1) is 6.92 Å². The molecular formula is C14H21NO. The van der Waals surface area contributed by atoms with Gasteiger partial charge in [0.25, 0.3) is 0 Å². The van der Waals surface area contributed by atoms with Crippen molar-refractivity contribution in [2.75, 3.05) is 6.61 Å². The first-order valence-electron chi connectivity index (χ1n) is 6.18. The van der Waals surface area contributed by atoms with E-state index in [0.29, 0.717) is 12.1 Å². The second-order valence-corrected chi connectivity index (χ2v) is 4.61. The predicted octanol–water partition coefficient (Wildman–Crippen LogP) is 2.65. The van der Waals surface area contributed by atoms with Crippen molar-refractivity contribution in [1.82, 2.24) is 5.32 Å². The summed E-state index contributed by atoms with van der Waals surface area (Å²) < 4.78 is 5.54. The molecule has 1 saturated carbocycles. The van der Waals surface area contributed by atoms with Gasteiger partial charge in [0.15, 0.2) is 0 Å². The smallest absolute Gasteiger partial charge is 0.0604 e. The van der Waals surface area contributed by atoms with Crippen molar-refractivity contribution in [2.24, 2.45) is 0 Å². The SMILES string of the molecule is CCOC1CC(NCc2ccc(C)cc2)C1. The van der Waals surface area contributed by atoms with Crippen molar-refractivity contribution in [3.8, 4) is 0 Å². The number of ether oxygens (including phenoxy) is 1. The quantitative estimate of drug-likeness (QED) is 0.822. The number of hydrogen-bond donors (Lipinski definition) is 1. The van der Waals surface area contributed by atoms with E-state index in [0.717, 1.165) is 13.2 Å². The average Bonchev–Trinajstić information content (AvgIpc) is 2.24. The van der Waals surface area contributed by atoms with E-state index in [1.807, 2.05) is 0 Å². The minimum atomic E-state index is 0.500.